The van der Waals surface area contributed by atoms with Gasteiger partial charge < -0.3 is 15.4 Å². The van der Waals surface area contributed by atoms with Gasteiger partial charge in [0.05, 0.1) is 7.11 Å². The van der Waals surface area contributed by atoms with Crippen LogP contribution in [0.15, 0.2) is 60.9 Å². The van der Waals surface area contributed by atoms with Gasteiger partial charge in [0.2, 0.25) is 0 Å². The minimum absolute atomic E-state index is 0.228. The van der Waals surface area contributed by atoms with Crippen molar-refractivity contribution in [1.29, 1.82) is 0 Å². The van der Waals surface area contributed by atoms with E-state index in [0.717, 1.165) is 17.0 Å². The summed E-state index contributed by atoms with van der Waals surface area (Å²) in [6.45, 7) is 4.83. The molecule has 0 radical (unpaired) electrons. The Morgan fingerprint density at radius 3 is 2.59 bits per heavy atom. The summed E-state index contributed by atoms with van der Waals surface area (Å²) in [5.74, 6) is 1.64. The summed E-state index contributed by atoms with van der Waals surface area (Å²) in [5, 5.41) is 6.11. The molecule has 0 spiro atoms. The second kappa shape index (κ2) is 9.68. The fourth-order valence-electron chi connectivity index (χ4n) is 2.89. The van der Waals surface area contributed by atoms with Crippen LogP contribution < -0.4 is 15.4 Å². The summed E-state index contributed by atoms with van der Waals surface area (Å²) in [5.41, 5.74) is 3.61. The highest BCUT2D eigenvalue weighted by molar-refractivity contribution is 5.92. The maximum atomic E-state index is 12.4. The molecule has 6 nitrogen and oxygen atoms in total. The van der Waals surface area contributed by atoms with Crippen LogP contribution in [0.3, 0.4) is 0 Å². The topological polar surface area (TPSA) is 76.1 Å². The Bertz CT molecular complexity index is 955. The molecule has 0 saturated carbocycles. The van der Waals surface area contributed by atoms with Gasteiger partial charge in [0.1, 0.15) is 23.6 Å². The van der Waals surface area contributed by atoms with E-state index in [4.69, 9.17) is 4.74 Å². The molecule has 150 valence electrons. The van der Waals surface area contributed by atoms with Crippen LogP contribution in [-0.2, 0) is 6.42 Å². The quantitative estimate of drug-likeness (QED) is 0.599. The summed E-state index contributed by atoms with van der Waals surface area (Å²) in [6, 6.07) is 17.6. The molecular formula is C23H26N4O2. The minimum Gasteiger partial charge on any atom is -0.497 e. The van der Waals surface area contributed by atoms with Crippen LogP contribution in [0.25, 0.3) is 0 Å². The molecule has 0 aliphatic carbocycles. The standard InChI is InChI=1S/C23H26N4O2/c1-16(2)18-7-9-19(10-8-18)27-22-14-21(25-15-26-22)23(28)24-12-11-17-5-4-6-20(13-17)29-3/h4-10,13-16H,11-12H2,1-3H3,(H,24,28)(H,25,26,27). The maximum Gasteiger partial charge on any atom is 0.270 e. The molecule has 0 aliphatic rings. The van der Waals surface area contributed by atoms with E-state index in [0.29, 0.717) is 30.4 Å². The molecule has 0 saturated heterocycles. The molecule has 2 N–H and O–H groups in total. The first-order valence-electron chi connectivity index (χ1n) is 9.65. The van der Waals surface area contributed by atoms with E-state index in [1.165, 1.54) is 11.9 Å². The molecular weight excluding hydrogens is 364 g/mol. The molecule has 0 fully saturated rings. The number of carbonyl (C=O) groups excluding carboxylic acids is 1. The van der Waals surface area contributed by atoms with E-state index >= 15 is 0 Å². The number of nitrogens with one attached hydrogen (secondary N) is 2. The average Bonchev–Trinajstić information content (AvgIpc) is 2.74. The first-order valence-corrected chi connectivity index (χ1v) is 9.65. The predicted octanol–water partition coefficient (Wildman–Crippen LogP) is 4.32. The predicted molar refractivity (Wildman–Crippen MR) is 115 cm³/mol. The lowest BCUT2D eigenvalue weighted by Gasteiger charge is -2.10. The second-order valence-electron chi connectivity index (χ2n) is 7.05. The second-order valence-corrected chi connectivity index (χ2v) is 7.05. The number of rotatable bonds is 8. The van der Waals surface area contributed by atoms with Crippen molar-refractivity contribution in [3.05, 3.63) is 77.7 Å². The van der Waals surface area contributed by atoms with Crippen molar-refractivity contribution in [2.75, 3.05) is 19.0 Å². The van der Waals surface area contributed by atoms with Crippen molar-refractivity contribution < 1.29 is 9.53 Å². The third-order valence-electron chi connectivity index (χ3n) is 4.58. The molecule has 0 atom stereocenters. The van der Waals surface area contributed by atoms with Crippen LogP contribution in [0.2, 0.25) is 0 Å². The summed E-state index contributed by atoms with van der Waals surface area (Å²) in [4.78, 5) is 20.7. The van der Waals surface area contributed by atoms with Crippen molar-refractivity contribution in [2.45, 2.75) is 26.2 Å². The molecule has 1 aromatic heterocycles. The van der Waals surface area contributed by atoms with Crippen molar-refractivity contribution in [2.24, 2.45) is 0 Å². The first kappa shape index (κ1) is 20.3. The number of ether oxygens (including phenoxy) is 1. The Kier molecular flexibility index (Phi) is 6.79. The lowest BCUT2D eigenvalue weighted by Crippen LogP contribution is -2.26. The van der Waals surface area contributed by atoms with Gasteiger partial charge in [0.25, 0.3) is 5.91 Å². The van der Waals surface area contributed by atoms with Crippen molar-refractivity contribution in [1.82, 2.24) is 15.3 Å². The fourth-order valence-corrected chi connectivity index (χ4v) is 2.89. The monoisotopic (exact) mass is 390 g/mol. The van der Waals surface area contributed by atoms with E-state index in [1.807, 2.05) is 36.4 Å². The zero-order chi connectivity index (χ0) is 20.6. The van der Waals surface area contributed by atoms with E-state index in [1.54, 1.807) is 13.2 Å². The van der Waals surface area contributed by atoms with Crippen LogP contribution >= 0.6 is 0 Å². The number of benzene rings is 2. The van der Waals surface area contributed by atoms with Gasteiger partial charge in [-0.15, -0.1) is 0 Å². The van der Waals surface area contributed by atoms with E-state index in [-0.39, 0.29) is 5.91 Å². The Hall–Kier alpha value is -3.41. The van der Waals surface area contributed by atoms with Crippen LogP contribution in [-0.4, -0.2) is 29.5 Å². The average molecular weight is 390 g/mol. The summed E-state index contributed by atoms with van der Waals surface area (Å²) < 4.78 is 5.22. The molecule has 29 heavy (non-hydrogen) atoms. The number of methoxy groups -OCH3 is 1. The molecule has 0 aliphatic heterocycles. The number of hydrogen-bond acceptors (Lipinski definition) is 5. The van der Waals surface area contributed by atoms with Gasteiger partial charge in [0.15, 0.2) is 0 Å². The van der Waals surface area contributed by atoms with Gasteiger partial charge in [-0.3, -0.25) is 4.79 Å². The van der Waals surface area contributed by atoms with Gasteiger partial charge >= 0.3 is 0 Å². The summed E-state index contributed by atoms with van der Waals surface area (Å²) in [6.07, 6.45) is 2.10. The van der Waals surface area contributed by atoms with Crippen molar-refractivity contribution in [3.63, 3.8) is 0 Å². The lowest BCUT2D eigenvalue weighted by atomic mass is 10.0. The van der Waals surface area contributed by atoms with Crippen LogP contribution in [0.1, 0.15) is 41.4 Å². The number of amides is 1. The minimum atomic E-state index is -0.228. The normalized spacial score (nSPS) is 10.6. The number of aromatic nitrogens is 2. The third kappa shape index (κ3) is 5.78. The number of anilines is 2. The van der Waals surface area contributed by atoms with Gasteiger partial charge in [-0.05, 0) is 47.7 Å². The van der Waals surface area contributed by atoms with Gasteiger partial charge in [-0.1, -0.05) is 38.1 Å². The SMILES string of the molecule is COc1cccc(CCNC(=O)c2cc(Nc3ccc(C(C)C)cc3)ncn2)c1. The van der Waals surface area contributed by atoms with Gasteiger partial charge in [-0.25, -0.2) is 9.97 Å². The molecule has 3 aromatic rings. The molecule has 1 heterocycles. The Morgan fingerprint density at radius 1 is 1.07 bits per heavy atom. The molecule has 1 amide bonds. The zero-order valence-corrected chi connectivity index (χ0v) is 17.0. The molecule has 3 rings (SSSR count). The van der Waals surface area contributed by atoms with Gasteiger partial charge in [-0.2, -0.15) is 0 Å². The van der Waals surface area contributed by atoms with Crippen LogP contribution in [0, 0.1) is 0 Å². The van der Waals surface area contributed by atoms with Crippen molar-refractivity contribution >= 4 is 17.4 Å². The Labute approximate surface area is 171 Å². The molecule has 2 aromatic carbocycles. The lowest BCUT2D eigenvalue weighted by molar-refractivity contribution is 0.0949. The third-order valence-corrected chi connectivity index (χ3v) is 4.58. The number of nitrogens with zero attached hydrogens (tertiary/aromatic N) is 2. The largest absolute Gasteiger partial charge is 0.497 e. The van der Waals surface area contributed by atoms with Crippen LogP contribution in [0.4, 0.5) is 11.5 Å². The number of hydrogen-bond donors (Lipinski definition) is 2. The summed E-state index contributed by atoms with van der Waals surface area (Å²) >= 11 is 0. The van der Waals surface area contributed by atoms with Crippen molar-refractivity contribution in [3.8, 4) is 5.75 Å². The molecule has 6 heteroatoms. The highest BCUT2D eigenvalue weighted by atomic mass is 16.5. The molecule has 0 bridgehead atoms. The highest BCUT2D eigenvalue weighted by Crippen LogP contribution is 2.19. The Balaban J connectivity index is 1.57. The summed E-state index contributed by atoms with van der Waals surface area (Å²) in [7, 11) is 1.64. The number of carbonyl (C=O) groups is 1. The fraction of sp³-hybridized carbons (Fsp3) is 0.261. The maximum absolute atomic E-state index is 12.4. The van der Waals surface area contributed by atoms with Crippen LogP contribution in [0.5, 0.6) is 5.75 Å². The van der Waals surface area contributed by atoms with E-state index in [9.17, 15) is 4.79 Å². The molecule has 0 unspecified atom stereocenters. The van der Waals surface area contributed by atoms with E-state index in [2.05, 4.69) is 46.6 Å². The van der Waals surface area contributed by atoms with E-state index < -0.39 is 0 Å². The Morgan fingerprint density at radius 2 is 1.86 bits per heavy atom. The smallest absolute Gasteiger partial charge is 0.270 e. The highest BCUT2D eigenvalue weighted by Gasteiger charge is 2.09. The first-order chi connectivity index (χ1) is 14.0. The van der Waals surface area contributed by atoms with Gasteiger partial charge in [0, 0.05) is 18.3 Å². The zero-order valence-electron chi connectivity index (χ0n) is 17.0.